The van der Waals surface area contributed by atoms with Gasteiger partial charge in [0.15, 0.2) is 0 Å². The van der Waals surface area contributed by atoms with Crippen molar-refractivity contribution in [3.05, 3.63) is 196 Å². The van der Waals surface area contributed by atoms with Gasteiger partial charge in [-0.1, -0.05) is 402 Å². The molecule has 0 N–H and O–H groups in total. The Morgan fingerprint density at radius 3 is 0.811 bits per heavy atom. The summed E-state index contributed by atoms with van der Waals surface area (Å²) in [6.45, 7) is 27.9. The van der Waals surface area contributed by atoms with Crippen LogP contribution in [0.1, 0.15) is 397 Å². The molecular weight excluding hydrogens is 1340 g/mol. The molecule has 5 aliphatic rings. The largest absolute Gasteiger partial charge is 0.494 e. The summed E-state index contributed by atoms with van der Waals surface area (Å²) in [7, 11) is -0.392. The third-order valence-electron chi connectivity index (χ3n) is 29.0. The first-order valence-electron chi connectivity index (χ1n) is 46.5. The highest BCUT2D eigenvalue weighted by Crippen LogP contribution is 2.63. The molecule has 0 atom stereocenters. The molecule has 1 aliphatic heterocycles. The molecule has 3 heteroatoms. The standard InChI is InChI=1S/C108H145BO2/c1-13-19-25-31-37-45-67-106(68-46-38-32-26-20-14-2)95-52-44-43-51-87(95)90-64-60-85(76-98(90)106)84-59-63-89-88-62-57-82(73-96(88)103(7,8)97(89)74-84)80-53-55-81(56-54-80)83-58-65-91-93-78-102-94(79-101(93)107(99(91)75-83,69-47-39-33-27-21-15-3)70-48-40-34-28-22-16-4)92-66-61-86(109-110-104(9,10)105(11,12)111-109)77-100(92)108(102,71-49-41-35-29-23-17-5)72-50-42-36-30-24-18-6/h43-44,51-66,73-79H,13-42,45-50,67-72H2,1-12H3. The Hall–Kier alpha value is -6.26. The van der Waals surface area contributed by atoms with E-state index in [0.717, 1.165) is 0 Å². The van der Waals surface area contributed by atoms with Gasteiger partial charge in [-0.3, -0.25) is 0 Å². The van der Waals surface area contributed by atoms with Crippen LogP contribution in [-0.4, -0.2) is 18.3 Å². The van der Waals surface area contributed by atoms with Crippen molar-refractivity contribution in [2.24, 2.45) is 0 Å². The van der Waals surface area contributed by atoms with Crippen LogP contribution in [0.25, 0.3) is 77.9 Å². The lowest BCUT2D eigenvalue weighted by atomic mass is 9.67. The van der Waals surface area contributed by atoms with E-state index in [-0.39, 0.29) is 21.7 Å². The van der Waals surface area contributed by atoms with Crippen LogP contribution in [0.4, 0.5) is 0 Å². The fourth-order valence-corrected chi connectivity index (χ4v) is 21.6. The van der Waals surface area contributed by atoms with Crippen molar-refractivity contribution in [1.29, 1.82) is 0 Å². The van der Waals surface area contributed by atoms with Gasteiger partial charge in [-0.2, -0.15) is 0 Å². The van der Waals surface area contributed by atoms with E-state index in [1.165, 1.54) is 364 Å². The second kappa shape index (κ2) is 37.6. The molecule has 0 radical (unpaired) electrons. The summed E-state index contributed by atoms with van der Waals surface area (Å²) < 4.78 is 13.9. The number of unbranched alkanes of at least 4 members (excludes halogenated alkanes) is 30. The Kier molecular flexibility index (Phi) is 28.0. The van der Waals surface area contributed by atoms with E-state index in [4.69, 9.17) is 9.31 Å². The van der Waals surface area contributed by atoms with Crippen LogP contribution < -0.4 is 5.46 Å². The van der Waals surface area contributed by atoms with Crippen LogP contribution in [0.3, 0.4) is 0 Å². The fourth-order valence-electron chi connectivity index (χ4n) is 21.6. The summed E-state index contributed by atoms with van der Waals surface area (Å²) in [4.78, 5) is 0. The molecule has 13 rings (SSSR count). The van der Waals surface area contributed by atoms with Crippen LogP contribution in [0.2, 0.25) is 0 Å². The third kappa shape index (κ3) is 17.4. The van der Waals surface area contributed by atoms with Crippen molar-refractivity contribution >= 4 is 12.6 Å². The first-order valence-corrected chi connectivity index (χ1v) is 46.5. The van der Waals surface area contributed by atoms with Gasteiger partial charge in [-0.15, -0.1) is 0 Å². The Morgan fingerprint density at radius 1 is 0.216 bits per heavy atom. The molecule has 1 saturated heterocycles. The molecule has 8 aromatic rings. The highest BCUT2D eigenvalue weighted by atomic mass is 16.7. The van der Waals surface area contributed by atoms with Crippen molar-refractivity contribution in [3.8, 4) is 77.9 Å². The monoisotopic (exact) mass is 1490 g/mol. The van der Waals surface area contributed by atoms with Gasteiger partial charge in [0.25, 0.3) is 0 Å². The van der Waals surface area contributed by atoms with Gasteiger partial charge in [0.2, 0.25) is 0 Å². The van der Waals surface area contributed by atoms with Gasteiger partial charge in [0, 0.05) is 21.7 Å². The van der Waals surface area contributed by atoms with Crippen LogP contribution in [-0.2, 0) is 31.0 Å². The summed E-state index contributed by atoms with van der Waals surface area (Å²) in [6, 6.07) is 62.9. The van der Waals surface area contributed by atoms with Crippen LogP contribution in [0.15, 0.2) is 152 Å². The highest BCUT2D eigenvalue weighted by molar-refractivity contribution is 6.62. The van der Waals surface area contributed by atoms with E-state index in [0.29, 0.717) is 0 Å². The van der Waals surface area contributed by atoms with Gasteiger partial charge < -0.3 is 9.31 Å². The maximum absolute atomic E-state index is 6.93. The van der Waals surface area contributed by atoms with Crippen LogP contribution in [0, 0.1) is 0 Å². The third-order valence-corrected chi connectivity index (χ3v) is 29.0. The molecule has 1 fully saturated rings. The molecule has 0 aromatic heterocycles. The van der Waals surface area contributed by atoms with Crippen molar-refractivity contribution < 1.29 is 9.31 Å². The number of rotatable bonds is 46. The molecule has 4 aliphatic carbocycles. The van der Waals surface area contributed by atoms with Gasteiger partial charge in [-0.25, -0.2) is 0 Å². The first-order chi connectivity index (χ1) is 54.0. The molecule has 0 unspecified atom stereocenters. The average Bonchev–Trinajstić information content (AvgIpc) is 1.53. The van der Waals surface area contributed by atoms with Gasteiger partial charge in [-0.05, 0) is 230 Å². The zero-order valence-corrected chi connectivity index (χ0v) is 72.0. The van der Waals surface area contributed by atoms with Crippen molar-refractivity contribution in [1.82, 2.24) is 0 Å². The summed E-state index contributed by atoms with van der Waals surface area (Å²) in [6.07, 6.45) is 54.6. The minimum Gasteiger partial charge on any atom is -0.399 e. The second-order valence-corrected chi connectivity index (χ2v) is 37.5. The van der Waals surface area contributed by atoms with Gasteiger partial charge in [0.1, 0.15) is 0 Å². The van der Waals surface area contributed by atoms with E-state index in [1.54, 1.807) is 33.4 Å². The Labute approximate surface area is 677 Å². The van der Waals surface area contributed by atoms with E-state index >= 15 is 0 Å². The zero-order chi connectivity index (χ0) is 77.6. The number of benzene rings is 8. The van der Waals surface area contributed by atoms with E-state index in [2.05, 4.69) is 235 Å². The molecule has 2 nitrogen and oxygen atoms in total. The molecular formula is C108H145BO2. The lowest BCUT2D eigenvalue weighted by Gasteiger charge is -2.35. The lowest BCUT2D eigenvalue weighted by molar-refractivity contribution is 0.00578. The maximum atomic E-state index is 6.93. The fraction of sp³-hybridized carbons (Fsp3) is 0.556. The summed E-state index contributed by atoms with van der Waals surface area (Å²) in [5.41, 5.74) is 32.2. The highest BCUT2D eigenvalue weighted by Gasteiger charge is 2.54. The molecule has 0 bridgehead atoms. The number of hydrogen-bond acceptors (Lipinski definition) is 2. The Balaban J connectivity index is 0.837. The molecule has 8 aromatic carbocycles. The van der Waals surface area contributed by atoms with Crippen molar-refractivity contribution in [2.45, 2.75) is 386 Å². The first kappa shape index (κ1) is 82.7. The van der Waals surface area contributed by atoms with Gasteiger partial charge >= 0.3 is 7.12 Å². The van der Waals surface area contributed by atoms with E-state index in [9.17, 15) is 0 Å². The second-order valence-electron chi connectivity index (χ2n) is 37.5. The number of hydrogen-bond donors (Lipinski definition) is 0. The normalized spacial score (nSPS) is 16.3. The van der Waals surface area contributed by atoms with Crippen LogP contribution in [0.5, 0.6) is 0 Å². The lowest BCUT2D eigenvalue weighted by Crippen LogP contribution is -2.41. The summed E-state index contributed by atoms with van der Waals surface area (Å²) >= 11 is 0. The van der Waals surface area contributed by atoms with Crippen LogP contribution >= 0.6 is 0 Å². The predicted octanol–water partition coefficient (Wildman–Crippen LogP) is 32.6. The predicted molar refractivity (Wildman–Crippen MR) is 483 cm³/mol. The maximum Gasteiger partial charge on any atom is 0.494 e. The van der Waals surface area contributed by atoms with E-state index in [1.807, 2.05) is 0 Å². The van der Waals surface area contributed by atoms with Crippen molar-refractivity contribution in [3.63, 3.8) is 0 Å². The minimum atomic E-state index is -0.407. The smallest absolute Gasteiger partial charge is 0.399 e. The molecule has 0 spiro atoms. The molecule has 592 valence electrons. The molecule has 0 amide bonds. The van der Waals surface area contributed by atoms with Gasteiger partial charge in [0.05, 0.1) is 11.2 Å². The summed E-state index contributed by atoms with van der Waals surface area (Å²) in [5.74, 6) is 0. The zero-order valence-electron chi connectivity index (χ0n) is 72.0. The average molecular weight is 1490 g/mol. The Bertz CT molecular complexity index is 4300. The Morgan fingerprint density at radius 2 is 0.459 bits per heavy atom. The quantitative estimate of drug-likeness (QED) is 0.0280. The SMILES string of the molecule is CCCCCCCCC1(CCCCCCCC)c2ccccc2-c2ccc(-c3ccc4c(c3)C(C)(C)c3cc(-c5ccc(-c6ccc7c(c6)C(CCCCCCCC)(CCCCCCCC)c6cc8c(cc6-7)C(CCCCCCCC)(CCCCCCCC)c6cc(B7OC(C)(C)C(C)(C)O7)ccc6-8)cc5)ccc3-4)cc21. The van der Waals surface area contributed by atoms with Crippen molar-refractivity contribution in [2.75, 3.05) is 0 Å². The minimum absolute atomic E-state index is 0.0611. The number of fused-ring (bicyclic) bond motifs is 12. The topological polar surface area (TPSA) is 18.5 Å². The van der Waals surface area contributed by atoms with E-state index < -0.39 is 18.3 Å². The molecule has 0 saturated carbocycles. The molecule has 111 heavy (non-hydrogen) atoms. The molecule has 1 heterocycles. The summed E-state index contributed by atoms with van der Waals surface area (Å²) in [5, 5.41) is 0.